The molecule has 0 atom stereocenters. The minimum absolute atomic E-state index is 0.969. The second-order valence-corrected chi connectivity index (χ2v) is 2.96. The molecule has 3 nitrogen and oxygen atoms in total. The van der Waals surface area contributed by atoms with E-state index in [0.29, 0.717) is 0 Å². The van der Waals surface area contributed by atoms with Crippen LogP contribution in [0.25, 0.3) is 0 Å². The van der Waals surface area contributed by atoms with E-state index in [9.17, 15) is 0 Å². The Balaban J connectivity index is 2.83. The second-order valence-electron chi connectivity index (χ2n) is 2.17. The van der Waals surface area contributed by atoms with Crippen molar-refractivity contribution in [3.8, 4) is 0 Å². The summed E-state index contributed by atoms with van der Waals surface area (Å²) in [4.78, 5) is 4.11. The molecule has 1 aromatic rings. The minimum Gasteiger partial charge on any atom is -0.226 e. The Bertz CT molecular complexity index is 227. The maximum Gasteiger partial charge on any atom is 0.139 e. The summed E-state index contributed by atoms with van der Waals surface area (Å²) in [6.45, 7) is 2.12. The summed E-state index contributed by atoms with van der Waals surface area (Å²) in [5.74, 6) is 0. The van der Waals surface area contributed by atoms with Crippen LogP contribution in [0.15, 0.2) is 11.4 Å². The van der Waals surface area contributed by atoms with Gasteiger partial charge in [-0.2, -0.15) is 5.10 Å². The van der Waals surface area contributed by atoms with E-state index in [1.165, 1.54) is 6.33 Å². The number of aromatic nitrogens is 3. The van der Waals surface area contributed by atoms with Crippen LogP contribution in [-0.4, -0.2) is 21.4 Å². The molecule has 0 radical (unpaired) electrons. The van der Waals surface area contributed by atoms with Crippen LogP contribution in [0, 0.1) is 0 Å². The molecule has 0 amide bonds. The Morgan fingerprint density at radius 1 is 1.55 bits per heavy atom. The molecule has 0 saturated heterocycles. The Morgan fingerprint density at radius 2 is 2.36 bits per heavy atom. The third-order valence-corrected chi connectivity index (χ3v) is 2.06. The van der Waals surface area contributed by atoms with Crippen LogP contribution in [-0.2, 0) is 6.42 Å². The predicted octanol–water partition coefficient (Wildman–Crippen LogP) is 1.55. The van der Waals surface area contributed by atoms with Crippen LogP contribution < -0.4 is 0 Å². The van der Waals surface area contributed by atoms with Crippen molar-refractivity contribution in [2.75, 3.05) is 6.26 Å². The lowest BCUT2D eigenvalue weighted by Crippen LogP contribution is -1.97. The van der Waals surface area contributed by atoms with Gasteiger partial charge in [0.1, 0.15) is 11.4 Å². The van der Waals surface area contributed by atoms with E-state index in [4.69, 9.17) is 0 Å². The molecule has 1 rings (SSSR count). The number of aryl methyl sites for hydroxylation is 1. The average molecular weight is 169 g/mol. The fourth-order valence-electron chi connectivity index (χ4n) is 0.855. The van der Waals surface area contributed by atoms with Crippen molar-refractivity contribution in [2.45, 2.75) is 24.8 Å². The highest BCUT2D eigenvalue weighted by atomic mass is 32.2. The summed E-state index contributed by atoms with van der Waals surface area (Å²) < 4.78 is 0. The summed E-state index contributed by atoms with van der Waals surface area (Å²) in [5.41, 5.74) is 1.02. The van der Waals surface area contributed by atoms with Crippen molar-refractivity contribution >= 4 is 11.8 Å². The van der Waals surface area contributed by atoms with Gasteiger partial charge in [0.05, 0.1) is 5.69 Å². The van der Waals surface area contributed by atoms with Gasteiger partial charge in [0.15, 0.2) is 0 Å². The third-order valence-electron chi connectivity index (χ3n) is 1.33. The molecule has 1 heterocycles. The summed E-state index contributed by atoms with van der Waals surface area (Å²) in [6.07, 6.45) is 5.55. The molecular formula is C7H11N3S. The minimum atomic E-state index is 0.969. The average Bonchev–Trinajstić information content (AvgIpc) is 2.06. The van der Waals surface area contributed by atoms with E-state index >= 15 is 0 Å². The monoisotopic (exact) mass is 169 g/mol. The molecule has 0 aliphatic carbocycles. The molecule has 0 bridgehead atoms. The largest absolute Gasteiger partial charge is 0.226 e. The Kier molecular flexibility index (Phi) is 3.29. The highest BCUT2D eigenvalue weighted by Gasteiger charge is 2.01. The van der Waals surface area contributed by atoms with Crippen molar-refractivity contribution in [2.24, 2.45) is 0 Å². The number of thioether (sulfide) groups is 1. The Morgan fingerprint density at radius 3 is 3.00 bits per heavy atom. The number of rotatable bonds is 3. The van der Waals surface area contributed by atoms with Gasteiger partial charge in [-0.15, -0.1) is 16.9 Å². The van der Waals surface area contributed by atoms with Crippen molar-refractivity contribution in [1.29, 1.82) is 0 Å². The van der Waals surface area contributed by atoms with Crippen molar-refractivity contribution < 1.29 is 0 Å². The van der Waals surface area contributed by atoms with Crippen LogP contribution in [0.3, 0.4) is 0 Å². The van der Waals surface area contributed by atoms with Crippen LogP contribution in [0.1, 0.15) is 19.0 Å². The fourth-order valence-corrected chi connectivity index (χ4v) is 1.39. The zero-order chi connectivity index (χ0) is 8.10. The summed E-state index contributed by atoms with van der Waals surface area (Å²) in [6, 6.07) is 0. The maximum atomic E-state index is 4.11. The molecule has 60 valence electrons. The van der Waals surface area contributed by atoms with Crippen LogP contribution >= 0.6 is 11.8 Å². The standard InChI is InChI=1S/C7H11N3S/c1-3-4-6-7(11-2)8-5-9-10-6/h5H,3-4H2,1-2H3. The normalized spacial score (nSPS) is 10.0. The molecule has 4 heteroatoms. The molecule has 0 saturated carbocycles. The van der Waals surface area contributed by atoms with Crippen LogP contribution in [0.5, 0.6) is 0 Å². The molecule has 0 aromatic carbocycles. The van der Waals surface area contributed by atoms with Crippen molar-refractivity contribution in [3.05, 3.63) is 12.0 Å². The zero-order valence-electron chi connectivity index (χ0n) is 6.74. The van der Waals surface area contributed by atoms with Gasteiger partial charge in [-0.1, -0.05) is 13.3 Å². The van der Waals surface area contributed by atoms with Crippen LogP contribution in [0.4, 0.5) is 0 Å². The summed E-state index contributed by atoms with van der Waals surface area (Å²) in [7, 11) is 0. The van der Waals surface area contributed by atoms with Gasteiger partial charge in [-0.25, -0.2) is 4.98 Å². The molecule has 0 fully saturated rings. The van der Waals surface area contributed by atoms with E-state index in [0.717, 1.165) is 23.6 Å². The lowest BCUT2D eigenvalue weighted by atomic mass is 10.3. The van der Waals surface area contributed by atoms with Gasteiger partial charge in [0.2, 0.25) is 0 Å². The van der Waals surface area contributed by atoms with Gasteiger partial charge < -0.3 is 0 Å². The number of hydrogen-bond acceptors (Lipinski definition) is 4. The first-order valence-corrected chi connectivity index (χ1v) is 4.81. The lowest BCUT2D eigenvalue weighted by molar-refractivity contribution is 0.768. The van der Waals surface area contributed by atoms with E-state index < -0.39 is 0 Å². The highest BCUT2D eigenvalue weighted by Crippen LogP contribution is 2.14. The Labute approximate surface area is 70.6 Å². The third kappa shape index (κ3) is 2.15. The maximum absolute atomic E-state index is 4.11. The molecule has 11 heavy (non-hydrogen) atoms. The first-order valence-electron chi connectivity index (χ1n) is 3.59. The van der Waals surface area contributed by atoms with Gasteiger partial charge in [0.25, 0.3) is 0 Å². The van der Waals surface area contributed by atoms with Crippen molar-refractivity contribution in [1.82, 2.24) is 15.2 Å². The predicted molar refractivity (Wildman–Crippen MR) is 45.6 cm³/mol. The van der Waals surface area contributed by atoms with E-state index in [1.54, 1.807) is 11.8 Å². The fraction of sp³-hybridized carbons (Fsp3) is 0.571. The quantitative estimate of drug-likeness (QED) is 0.643. The zero-order valence-corrected chi connectivity index (χ0v) is 7.56. The van der Waals surface area contributed by atoms with E-state index in [1.807, 2.05) is 6.26 Å². The summed E-state index contributed by atoms with van der Waals surface area (Å²) >= 11 is 1.62. The lowest BCUT2D eigenvalue weighted by Gasteiger charge is -1.99. The second kappa shape index (κ2) is 4.28. The topological polar surface area (TPSA) is 38.7 Å². The van der Waals surface area contributed by atoms with Gasteiger partial charge in [0, 0.05) is 0 Å². The molecular weight excluding hydrogens is 158 g/mol. The molecule has 0 N–H and O–H groups in total. The molecule has 0 aliphatic rings. The van der Waals surface area contributed by atoms with Gasteiger partial charge in [-0.3, -0.25) is 0 Å². The number of hydrogen-bond donors (Lipinski definition) is 0. The molecule has 0 unspecified atom stereocenters. The molecule has 0 aliphatic heterocycles. The first kappa shape index (κ1) is 8.46. The van der Waals surface area contributed by atoms with Crippen molar-refractivity contribution in [3.63, 3.8) is 0 Å². The Hall–Kier alpha value is -0.640. The van der Waals surface area contributed by atoms with E-state index in [-0.39, 0.29) is 0 Å². The van der Waals surface area contributed by atoms with Gasteiger partial charge in [-0.05, 0) is 12.7 Å². The van der Waals surface area contributed by atoms with Gasteiger partial charge >= 0.3 is 0 Å². The number of nitrogens with zero attached hydrogens (tertiary/aromatic N) is 3. The van der Waals surface area contributed by atoms with Crippen LogP contribution in [0.2, 0.25) is 0 Å². The molecule has 0 spiro atoms. The first-order chi connectivity index (χ1) is 5.38. The smallest absolute Gasteiger partial charge is 0.139 e. The SMILES string of the molecule is CCCc1nncnc1SC. The highest BCUT2D eigenvalue weighted by molar-refractivity contribution is 7.98. The summed E-state index contributed by atoms with van der Waals surface area (Å²) in [5, 5.41) is 8.75. The van der Waals surface area contributed by atoms with E-state index in [2.05, 4.69) is 22.1 Å². The molecule has 1 aromatic heterocycles.